The van der Waals surface area contributed by atoms with Crippen LogP contribution in [0.2, 0.25) is 0 Å². The van der Waals surface area contributed by atoms with Gasteiger partial charge in [0.15, 0.2) is 0 Å². The highest BCUT2D eigenvalue weighted by molar-refractivity contribution is 5.95. The van der Waals surface area contributed by atoms with E-state index >= 15 is 0 Å². The maximum Gasteiger partial charge on any atom is 0.231 e. The Labute approximate surface area is 116 Å². The third-order valence-corrected chi connectivity index (χ3v) is 3.75. The van der Waals surface area contributed by atoms with Crippen molar-refractivity contribution in [3.63, 3.8) is 0 Å². The lowest BCUT2D eigenvalue weighted by molar-refractivity contribution is -0.121. The molecule has 0 radical (unpaired) electrons. The number of carbonyl (C=O) groups is 1. The number of hydrogen-bond acceptors (Lipinski definition) is 2. The number of nitrogens with zero attached hydrogens (tertiary/aromatic N) is 1. The van der Waals surface area contributed by atoms with Crippen LogP contribution in [0.25, 0.3) is 0 Å². The summed E-state index contributed by atoms with van der Waals surface area (Å²) < 4.78 is 0. The predicted octanol–water partition coefficient (Wildman–Crippen LogP) is 2.60. The molecule has 0 bridgehead atoms. The van der Waals surface area contributed by atoms with Gasteiger partial charge in [-0.2, -0.15) is 0 Å². The summed E-state index contributed by atoms with van der Waals surface area (Å²) in [4.78, 5) is 14.6. The van der Waals surface area contributed by atoms with Gasteiger partial charge in [0, 0.05) is 24.7 Å². The molecule has 3 nitrogen and oxygen atoms in total. The van der Waals surface area contributed by atoms with Crippen molar-refractivity contribution < 1.29 is 4.79 Å². The largest absolute Gasteiger partial charge is 0.316 e. The summed E-state index contributed by atoms with van der Waals surface area (Å²) in [6, 6.07) is 8.32. The fraction of sp³-hybridized carbons (Fsp3) is 0.562. The van der Waals surface area contributed by atoms with Gasteiger partial charge in [-0.05, 0) is 37.4 Å². The highest BCUT2D eigenvalue weighted by Crippen LogP contribution is 2.27. The SMILES string of the molecule is CCNCC(C)C(=O)N1CCCCc2ccccc21. The van der Waals surface area contributed by atoms with Gasteiger partial charge in [0.1, 0.15) is 0 Å². The van der Waals surface area contributed by atoms with Crippen molar-refractivity contribution in [2.75, 3.05) is 24.5 Å². The Balaban J connectivity index is 2.17. The Kier molecular flexibility index (Phi) is 4.97. The van der Waals surface area contributed by atoms with Crippen molar-refractivity contribution in [1.82, 2.24) is 5.32 Å². The van der Waals surface area contributed by atoms with Crippen LogP contribution in [0.3, 0.4) is 0 Å². The number of para-hydroxylation sites is 1. The first-order valence-corrected chi connectivity index (χ1v) is 7.34. The van der Waals surface area contributed by atoms with Crippen molar-refractivity contribution in [3.8, 4) is 0 Å². The highest BCUT2D eigenvalue weighted by atomic mass is 16.2. The van der Waals surface area contributed by atoms with Gasteiger partial charge in [-0.3, -0.25) is 4.79 Å². The van der Waals surface area contributed by atoms with Crippen LogP contribution >= 0.6 is 0 Å². The summed E-state index contributed by atoms with van der Waals surface area (Å²) in [5, 5.41) is 3.26. The smallest absolute Gasteiger partial charge is 0.231 e. The first-order valence-electron chi connectivity index (χ1n) is 7.34. The van der Waals surface area contributed by atoms with Gasteiger partial charge in [-0.15, -0.1) is 0 Å². The van der Waals surface area contributed by atoms with Gasteiger partial charge in [0.25, 0.3) is 0 Å². The highest BCUT2D eigenvalue weighted by Gasteiger charge is 2.24. The molecule has 19 heavy (non-hydrogen) atoms. The number of fused-ring (bicyclic) bond motifs is 1. The molecule has 0 aliphatic carbocycles. The summed E-state index contributed by atoms with van der Waals surface area (Å²) >= 11 is 0. The Bertz CT molecular complexity index is 431. The molecular formula is C16H24N2O. The number of aryl methyl sites for hydroxylation is 1. The molecule has 0 saturated carbocycles. The fourth-order valence-corrected chi connectivity index (χ4v) is 2.63. The topological polar surface area (TPSA) is 32.3 Å². The van der Waals surface area contributed by atoms with Crippen LogP contribution in [0.4, 0.5) is 5.69 Å². The van der Waals surface area contributed by atoms with Crippen LogP contribution in [0.5, 0.6) is 0 Å². The molecule has 3 heteroatoms. The molecule has 0 fully saturated rings. The zero-order chi connectivity index (χ0) is 13.7. The van der Waals surface area contributed by atoms with Crippen LogP contribution in [-0.4, -0.2) is 25.5 Å². The third-order valence-electron chi connectivity index (χ3n) is 3.75. The van der Waals surface area contributed by atoms with Gasteiger partial charge in [0.2, 0.25) is 5.91 Å². The number of rotatable bonds is 4. The maximum atomic E-state index is 12.6. The standard InChI is InChI=1S/C16H24N2O/c1-3-17-12-13(2)16(19)18-11-7-6-9-14-8-4-5-10-15(14)18/h4-5,8,10,13,17H,3,6-7,9,11-12H2,1-2H3. The van der Waals surface area contributed by atoms with Crippen LogP contribution < -0.4 is 10.2 Å². The van der Waals surface area contributed by atoms with E-state index in [0.29, 0.717) is 0 Å². The van der Waals surface area contributed by atoms with Crippen molar-refractivity contribution >= 4 is 11.6 Å². The van der Waals surface area contributed by atoms with E-state index in [-0.39, 0.29) is 11.8 Å². The van der Waals surface area contributed by atoms with E-state index < -0.39 is 0 Å². The number of amides is 1. The molecule has 1 amide bonds. The lowest BCUT2D eigenvalue weighted by atomic mass is 10.1. The number of benzene rings is 1. The average Bonchev–Trinajstić information content (AvgIpc) is 2.66. The van der Waals surface area contributed by atoms with Crippen molar-refractivity contribution in [3.05, 3.63) is 29.8 Å². The fourth-order valence-electron chi connectivity index (χ4n) is 2.63. The molecule has 1 aromatic rings. The molecule has 1 atom stereocenters. The normalized spacial score (nSPS) is 16.6. The van der Waals surface area contributed by atoms with Crippen molar-refractivity contribution in [1.29, 1.82) is 0 Å². The monoisotopic (exact) mass is 260 g/mol. The summed E-state index contributed by atoms with van der Waals surface area (Å²) in [7, 11) is 0. The molecule has 0 spiro atoms. The van der Waals surface area contributed by atoms with Gasteiger partial charge < -0.3 is 10.2 Å². The zero-order valence-electron chi connectivity index (χ0n) is 12.0. The quantitative estimate of drug-likeness (QED) is 0.902. The van der Waals surface area contributed by atoms with E-state index in [0.717, 1.165) is 38.2 Å². The Hall–Kier alpha value is -1.35. The van der Waals surface area contributed by atoms with Crippen LogP contribution in [0.15, 0.2) is 24.3 Å². The van der Waals surface area contributed by atoms with E-state index in [9.17, 15) is 4.79 Å². The number of anilines is 1. The second-order valence-electron chi connectivity index (χ2n) is 5.28. The minimum atomic E-state index is 0.0334. The predicted molar refractivity (Wildman–Crippen MR) is 79.4 cm³/mol. The summed E-state index contributed by atoms with van der Waals surface area (Å²) in [6.45, 7) is 6.60. The van der Waals surface area contributed by atoms with Gasteiger partial charge in [-0.25, -0.2) is 0 Å². The van der Waals surface area contributed by atoms with E-state index in [4.69, 9.17) is 0 Å². The van der Waals surface area contributed by atoms with Crippen LogP contribution in [0, 0.1) is 5.92 Å². The third kappa shape index (κ3) is 3.35. The van der Waals surface area contributed by atoms with Gasteiger partial charge >= 0.3 is 0 Å². The van der Waals surface area contributed by atoms with E-state index in [1.54, 1.807) is 0 Å². The Morgan fingerprint density at radius 1 is 1.37 bits per heavy atom. The maximum absolute atomic E-state index is 12.6. The second-order valence-corrected chi connectivity index (χ2v) is 5.28. The summed E-state index contributed by atoms with van der Waals surface area (Å²) in [6.07, 6.45) is 3.35. The first kappa shape index (κ1) is 14.1. The summed E-state index contributed by atoms with van der Waals surface area (Å²) in [5.74, 6) is 0.279. The molecule has 1 aromatic carbocycles. The molecule has 1 N–H and O–H groups in total. The molecule has 1 aliphatic heterocycles. The Morgan fingerprint density at radius 2 is 2.16 bits per heavy atom. The minimum absolute atomic E-state index is 0.0334. The van der Waals surface area contributed by atoms with Crippen LogP contribution in [-0.2, 0) is 11.2 Å². The molecule has 1 heterocycles. The number of hydrogen-bond donors (Lipinski definition) is 1. The lowest BCUT2D eigenvalue weighted by Gasteiger charge is -2.26. The van der Waals surface area contributed by atoms with E-state index in [2.05, 4.69) is 30.4 Å². The molecular weight excluding hydrogens is 236 g/mol. The minimum Gasteiger partial charge on any atom is -0.316 e. The van der Waals surface area contributed by atoms with Crippen LogP contribution in [0.1, 0.15) is 32.3 Å². The molecule has 0 aromatic heterocycles. The molecule has 104 valence electrons. The Morgan fingerprint density at radius 3 is 2.95 bits per heavy atom. The summed E-state index contributed by atoms with van der Waals surface area (Å²) in [5.41, 5.74) is 2.43. The second kappa shape index (κ2) is 6.71. The molecule has 2 rings (SSSR count). The zero-order valence-corrected chi connectivity index (χ0v) is 12.0. The van der Waals surface area contributed by atoms with E-state index in [1.165, 1.54) is 12.0 Å². The van der Waals surface area contributed by atoms with Crippen molar-refractivity contribution in [2.45, 2.75) is 33.1 Å². The average molecular weight is 260 g/mol. The first-order chi connectivity index (χ1) is 9.24. The molecule has 0 saturated heterocycles. The molecule has 1 aliphatic rings. The van der Waals surface area contributed by atoms with Crippen molar-refractivity contribution in [2.24, 2.45) is 5.92 Å². The lowest BCUT2D eigenvalue weighted by Crippen LogP contribution is -2.39. The van der Waals surface area contributed by atoms with Gasteiger partial charge in [0.05, 0.1) is 0 Å². The van der Waals surface area contributed by atoms with Gasteiger partial charge in [-0.1, -0.05) is 32.0 Å². The van der Waals surface area contributed by atoms with E-state index in [1.807, 2.05) is 17.9 Å². The number of carbonyl (C=O) groups excluding carboxylic acids is 1. The molecule has 1 unspecified atom stereocenters. The number of nitrogens with one attached hydrogen (secondary N) is 1.